The number of aromatic amines is 1. The Balaban J connectivity index is 1.53. The highest BCUT2D eigenvalue weighted by Crippen LogP contribution is 2.20. The number of hydrogen-bond donors (Lipinski definition) is 2. The zero-order valence-electron chi connectivity index (χ0n) is 16.1. The summed E-state index contributed by atoms with van der Waals surface area (Å²) in [4.78, 5) is 44.0. The van der Waals surface area contributed by atoms with E-state index >= 15 is 0 Å². The third kappa shape index (κ3) is 3.49. The Kier molecular flexibility index (Phi) is 4.84. The highest BCUT2D eigenvalue weighted by atomic mass is 16.3. The number of H-pyrrole nitrogens is 1. The lowest BCUT2D eigenvalue weighted by Crippen LogP contribution is -2.48. The number of rotatable bonds is 3. The summed E-state index contributed by atoms with van der Waals surface area (Å²) in [5.41, 5.74) is 0.994. The highest BCUT2D eigenvalue weighted by molar-refractivity contribution is 5.97. The van der Waals surface area contributed by atoms with Crippen LogP contribution in [-0.2, 0) is 6.54 Å². The molecule has 8 nitrogen and oxygen atoms in total. The van der Waals surface area contributed by atoms with Crippen molar-refractivity contribution >= 4 is 22.5 Å². The van der Waals surface area contributed by atoms with E-state index in [4.69, 9.17) is 0 Å². The molecule has 0 bridgehead atoms. The van der Waals surface area contributed by atoms with Crippen LogP contribution in [0.25, 0.3) is 10.9 Å². The van der Waals surface area contributed by atoms with Gasteiger partial charge in [-0.05, 0) is 49.4 Å². The van der Waals surface area contributed by atoms with Crippen LogP contribution in [0.5, 0.6) is 5.75 Å². The minimum Gasteiger partial charge on any atom is -0.508 e. The molecule has 1 amide bonds. The molecule has 0 radical (unpaired) electrons. The third-order valence-electron chi connectivity index (χ3n) is 5.33. The quantitative estimate of drug-likeness (QED) is 0.699. The Morgan fingerprint density at radius 2 is 1.72 bits per heavy atom. The van der Waals surface area contributed by atoms with Crippen molar-refractivity contribution < 1.29 is 9.90 Å². The largest absolute Gasteiger partial charge is 0.508 e. The van der Waals surface area contributed by atoms with Gasteiger partial charge in [0.05, 0.1) is 10.9 Å². The van der Waals surface area contributed by atoms with Crippen LogP contribution in [0.3, 0.4) is 0 Å². The number of phenolic OH excluding ortho intramolecular Hbond substituents is 1. The molecule has 0 aliphatic carbocycles. The Bertz CT molecular complexity index is 1170. The third-order valence-corrected chi connectivity index (χ3v) is 5.33. The van der Waals surface area contributed by atoms with Crippen LogP contribution < -0.4 is 16.1 Å². The Hall–Kier alpha value is -3.55. The first kappa shape index (κ1) is 18.8. The maximum atomic E-state index is 12.9. The smallest absolute Gasteiger partial charge is 0.328 e. The first-order chi connectivity index (χ1) is 14.0. The van der Waals surface area contributed by atoms with Gasteiger partial charge in [0.2, 0.25) is 0 Å². The van der Waals surface area contributed by atoms with E-state index in [1.54, 1.807) is 42.2 Å². The summed E-state index contributed by atoms with van der Waals surface area (Å²) >= 11 is 0. The number of carbonyl (C=O) groups is 1. The fraction of sp³-hybridized carbons (Fsp3) is 0.286. The van der Waals surface area contributed by atoms with Crippen LogP contribution in [0.1, 0.15) is 17.3 Å². The maximum absolute atomic E-state index is 12.9. The van der Waals surface area contributed by atoms with Crippen LogP contribution >= 0.6 is 0 Å². The molecule has 1 aliphatic rings. The van der Waals surface area contributed by atoms with Gasteiger partial charge in [-0.25, -0.2) is 4.79 Å². The van der Waals surface area contributed by atoms with Crippen molar-refractivity contribution in [2.75, 3.05) is 31.1 Å². The van der Waals surface area contributed by atoms with Crippen molar-refractivity contribution in [1.29, 1.82) is 0 Å². The average Bonchev–Trinajstić information content (AvgIpc) is 2.74. The van der Waals surface area contributed by atoms with E-state index in [0.29, 0.717) is 42.6 Å². The second-order valence-electron chi connectivity index (χ2n) is 7.04. The summed E-state index contributed by atoms with van der Waals surface area (Å²) in [7, 11) is 0. The first-order valence-electron chi connectivity index (χ1n) is 9.58. The summed E-state index contributed by atoms with van der Waals surface area (Å²) < 4.78 is 1.13. The number of aromatic hydroxyl groups is 1. The lowest BCUT2D eigenvalue weighted by Gasteiger charge is -2.36. The normalized spacial score (nSPS) is 14.4. The number of nitrogens with zero attached hydrogens (tertiary/aromatic N) is 3. The van der Waals surface area contributed by atoms with E-state index in [1.165, 1.54) is 0 Å². The van der Waals surface area contributed by atoms with Gasteiger partial charge < -0.3 is 19.9 Å². The van der Waals surface area contributed by atoms with Gasteiger partial charge in [-0.15, -0.1) is 0 Å². The molecule has 3 aromatic rings. The average molecular weight is 394 g/mol. The monoisotopic (exact) mass is 394 g/mol. The number of amides is 1. The summed E-state index contributed by atoms with van der Waals surface area (Å²) in [5, 5.41) is 9.81. The van der Waals surface area contributed by atoms with Crippen molar-refractivity contribution in [1.82, 2.24) is 14.5 Å². The molecule has 1 aromatic heterocycles. The van der Waals surface area contributed by atoms with Crippen molar-refractivity contribution in [2.45, 2.75) is 13.5 Å². The highest BCUT2D eigenvalue weighted by Gasteiger charge is 2.23. The topological polar surface area (TPSA) is 98.6 Å². The van der Waals surface area contributed by atoms with Crippen LogP contribution in [0, 0.1) is 0 Å². The van der Waals surface area contributed by atoms with E-state index in [1.807, 2.05) is 12.1 Å². The number of aromatic nitrogens is 2. The molecule has 2 N–H and O–H groups in total. The predicted molar refractivity (Wildman–Crippen MR) is 111 cm³/mol. The summed E-state index contributed by atoms with van der Waals surface area (Å²) in [6.07, 6.45) is 0. The number of nitrogens with one attached hydrogen (secondary N) is 1. The molecule has 150 valence electrons. The molecule has 1 fully saturated rings. The molecule has 2 heterocycles. The Morgan fingerprint density at radius 3 is 2.38 bits per heavy atom. The van der Waals surface area contributed by atoms with Crippen molar-refractivity contribution in [2.24, 2.45) is 0 Å². The molecule has 2 aromatic carbocycles. The molecule has 1 aliphatic heterocycles. The molecule has 0 unspecified atom stereocenters. The van der Waals surface area contributed by atoms with Crippen molar-refractivity contribution in [3.63, 3.8) is 0 Å². The predicted octanol–water partition coefficient (Wildman–Crippen LogP) is 1.38. The van der Waals surface area contributed by atoms with E-state index in [2.05, 4.69) is 9.88 Å². The second kappa shape index (κ2) is 7.46. The Morgan fingerprint density at radius 1 is 1.03 bits per heavy atom. The standard InChI is InChI=1S/C21H22N4O4/c1-2-25-20(28)17-8-3-14(13-18(17)22-21(25)29)19(27)24-11-9-23(10-12-24)15-4-6-16(26)7-5-15/h3-8,13,26H,2,9-12H2,1H3,(H,22,29). The zero-order valence-corrected chi connectivity index (χ0v) is 16.1. The van der Waals surface area contributed by atoms with Gasteiger partial charge in [0.1, 0.15) is 5.75 Å². The van der Waals surface area contributed by atoms with E-state index in [9.17, 15) is 19.5 Å². The molecule has 0 saturated carbocycles. The maximum Gasteiger partial charge on any atom is 0.328 e. The SMILES string of the molecule is CCn1c(=O)[nH]c2cc(C(=O)N3CCN(c4ccc(O)cc4)CC3)ccc2c1=O. The van der Waals surface area contributed by atoms with Gasteiger partial charge in [0, 0.05) is 44.0 Å². The molecule has 0 spiro atoms. The number of fused-ring (bicyclic) bond motifs is 1. The van der Waals surface area contributed by atoms with Crippen LogP contribution in [0.2, 0.25) is 0 Å². The van der Waals surface area contributed by atoms with E-state index in [0.717, 1.165) is 10.3 Å². The fourth-order valence-electron chi connectivity index (χ4n) is 3.69. The number of carbonyl (C=O) groups excluding carboxylic acids is 1. The van der Waals surface area contributed by atoms with Crippen molar-refractivity contribution in [3.8, 4) is 5.75 Å². The number of hydrogen-bond acceptors (Lipinski definition) is 5. The lowest BCUT2D eigenvalue weighted by molar-refractivity contribution is 0.0747. The molecule has 0 atom stereocenters. The minimum atomic E-state index is -0.475. The number of anilines is 1. The summed E-state index contributed by atoms with van der Waals surface area (Å²) in [6.45, 7) is 4.51. The zero-order chi connectivity index (χ0) is 20.5. The van der Waals surface area contributed by atoms with Gasteiger partial charge in [-0.3, -0.25) is 14.2 Å². The van der Waals surface area contributed by atoms with Crippen LogP contribution in [0.4, 0.5) is 5.69 Å². The van der Waals surface area contributed by atoms with Crippen LogP contribution in [0.15, 0.2) is 52.1 Å². The molecular weight excluding hydrogens is 372 g/mol. The van der Waals surface area contributed by atoms with Crippen molar-refractivity contribution in [3.05, 3.63) is 68.9 Å². The molecule has 1 saturated heterocycles. The first-order valence-corrected chi connectivity index (χ1v) is 9.58. The van der Waals surface area contributed by atoms with Gasteiger partial charge in [0.25, 0.3) is 11.5 Å². The fourth-order valence-corrected chi connectivity index (χ4v) is 3.69. The van der Waals surface area contributed by atoms with Gasteiger partial charge in [-0.1, -0.05) is 0 Å². The van der Waals surface area contributed by atoms with Gasteiger partial charge in [-0.2, -0.15) is 0 Å². The Labute approximate surface area is 166 Å². The summed E-state index contributed by atoms with van der Waals surface area (Å²) in [5.74, 6) is 0.0976. The van der Waals surface area contributed by atoms with Crippen LogP contribution in [-0.4, -0.2) is 51.6 Å². The summed E-state index contributed by atoms with van der Waals surface area (Å²) in [6, 6.07) is 11.8. The number of phenols is 1. The van der Waals surface area contributed by atoms with E-state index in [-0.39, 0.29) is 23.8 Å². The van der Waals surface area contributed by atoms with E-state index < -0.39 is 5.69 Å². The molecule has 4 rings (SSSR count). The molecule has 29 heavy (non-hydrogen) atoms. The molecule has 8 heteroatoms. The molecular formula is C21H22N4O4. The number of benzene rings is 2. The lowest BCUT2D eigenvalue weighted by atomic mass is 10.1. The van der Waals surface area contributed by atoms with Gasteiger partial charge >= 0.3 is 5.69 Å². The minimum absolute atomic E-state index is 0.127. The number of piperazine rings is 1. The second-order valence-corrected chi connectivity index (χ2v) is 7.04. The van der Waals surface area contributed by atoms with Gasteiger partial charge in [0.15, 0.2) is 0 Å².